The predicted molar refractivity (Wildman–Crippen MR) is 76.2 cm³/mol. The van der Waals surface area contributed by atoms with Gasteiger partial charge in [0.2, 0.25) is 10.0 Å². The zero-order chi connectivity index (χ0) is 14.3. The smallest absolute Gasteiger partial charge is 0.211 e. The van der Waals surface area contributed by atoms with Crippen LogP contribution >= 0.6 is 15.9 Å². The molecule has 7 nitrogen and oxygen atoms in total. The Kier molecular flexibility index (Phi) is 3.35. The van der Waals surface area contributed by atoms with Gasteiger partial charge in [-0.05, 0) is 22.0 Å². The van der Waals surface area contributed by atoms with Crippen molar-refractivity contribution in [2.24, 2.45) is 0 Å². The van der Waals surface area contributed by atoms with Crippen LogP contribution in [0.3, 0.4) is 0 Å². The fraction of sp³-hybridized carbons (Fsp3) is 0.364. The lowest BCUT2D eigenvalue weighted by atomic mass is 10.2. The summed E-state index contributed by atoms with van der Waals surface area (Å²) >= 11 is 3.37. The zero-order valence-corrected chi connectivity index (χ0v) is 13.1. The molecule has 106 valence electrons. The molecule has 2 aromatic rings. The van der Waals surface area contributed by atoms with Gasteiger partial charge in [-0.1, -0.05) is 0 Å². The van der Waals surface area contributed by atoms with E-state index in [0.717, 1.165) is 10.0 Å². The molecular weight excluding hydrogens is 346 g/mol. The van der Waals surface area contributed by atoms with Gasteiger partial charge in [0, 0.05) is 35.5 Å². The summed E-state index contributed by atoms with van der Waals surface area (Å²) in [6.45, 7) is 1.23. The van der Waals surface area contributed by atoms with Crippen LogP contribution in [0.5, 0.6) is 0 Å². The van der Waals surface area contributed by atoms with Gasteiger partial charge in [0.05, 0.1) is 12.8 Å². The first-order valence-electron chi connectivity index (χ1n) is 5.93. The Morgan fingerprint density at radius 1 is 1.25 bits per heavy atom. The monoisotopic (exact) mass is 357 g/mol. The van der Waals surface area contributed by atoms with Crippen molar-refractivity contribution < 1.29 is 8.42 Å². The van der Waals surface area contributed by atoms with Crippen molar-refractivity contribution in [3.8, 4) is 11.4 Å². The first-order valence-corrected chi connectivity index (χ1v) is 8.57. The van der Waals surface area contributed by atoms with Crippen molar-refractivity contribution in [2.75, 3.05) is 12.8 Å². The van der Waals surface area contributed by atoms with Gasteiger partial charge in [-0.3, -0.25) is 4.98 Å². The molecule has 3 rings (SSSR count). The summed E-state index contributed by atoms with van der Waals surface area (Å²) in [5.41, 5.74) is 0.853. The van der Waals surface area contributed by atoms with Gasteiger partial charge in [0.25, 0.3) is 0 Å². The van der Waals surface area contributed by atoms with Crippen LogP contribution in [0, 0.1) is 0 Å². The molecule has 0 bridgehead atoms. The van der Waals surface area contributed by atoms with Gasteiger partial charge in [-0.25, -0.2) is 8.42 Å². The molecule has 2 aromatic heterocycles. The quantitative estimate of drug-likeness (QED) is 0.796. The number of sulfonamides is 1. The van der Waals surface area contributed by atoms with Crippen LogP contribution in [0.4, 0.5) is 0 Å². The second-order valence-electron chi connectivity index (χ2n) is 4.58. The molecule has 0 atom stereocenters. The SMILES string of the molecule is CS(=O)(=O)N1CCn2c(nnc2-c2cncc(Br)c2)C1. The van der Waals surface area contributed by atoms with Crippen molar-refractivity contribution in [1.29, 1.82) is 0 Å². The van der Waals surface area contributed by atoms with E-state index in [9.17, 15) is 8.42 Å². The number of halogens is 1. The van der Waals surface area contributed by atoms with Crippen LogP contribution in [0.2, 0.25) is 0 Å². The van der Waals surface area contributed by atoms with Crippen molar-refractivity contribution in [1.82, 2.24) is 24.1 Å². The van der Waals surface area contributed by atoms with Crippen molar-refractivity contribution in [3.05, 3.63) is 28.8 Å². The maximum Gasteiger partial charge on any atom is 0.211 e. The molecule has 0 unspecified atom stereocenters. The zero-order valence-electron chi connectivity index (χ0n) is 10.7. The minimum absolute atomic E-state index is 0.257. The summed E-state index contributed by atoms with van der Waals surface area (Å²) in [4.78, 5) is 4.11. The summed E-state index contributed by atoms with van der Waals surface area (Å²) in [5, 5.41) is 8.25. The lowest BCUT2D eigenvalue weighted by Crippen LogP contribution is -2.37. The number of nitrogens with zero attached hydrogens (tertiary/aromatic N) is 5. The highest BCUT2D eigenvalue weighted by Crippen LogP contribution is 2.24. The molecule has 0 spiro atoms. The van der Waals surface area contributed by atoms with Crippen molar-refractivity contribution in [3.63, 3.8) is 0 Å². The van der Waals surface area contributed by atoms with Gasteiger partial charge in [0.15, 0.2) is 5.82 Å². The van der Waals surface area contributed by atoms with Gasteiger partial charge < -0.3 is 4.57 Å². The normalized spacial score (nSPS) is 16.1. The van der Waals surface area contributed by atoms with Crippen molar-refractivity contribution in [2.45, 2.75) is 13.1 Å². The average molecular weight is 358 g/mol. The van der Waals surface area contributed by atoms with Gasteiger partial charge in [-0.15, -0.1) is 10.2 Å². The van der Waals surface area contributed by atoms with Crippen LogP contribution in [0.25, 0.3) is 11.4 Å². The second kappa shape index (κ2) is 4.90. The highest BCUT2D eigenvalue weighted by Gasteiger charge is 2.26. The fourth-order valence-corrected chi connectivity index (χ4v) is 3.29. The summed E-state index contributed by atoms with van der Waals surface area (Å²) in [7, 11) is -3.20. The Bertz CT molecular complexity index is 758. The molecule has 3 heterocycles. The maximum atomic E-state index is 11.6. The van der Waals surface area contributed by atoms with E-state index in [4.69, 9.17) is 0 Å². The third kappa shape index (κ3) is 2.48. The Labute approximate surface area is 124 Å². The van der Waals surface area contributed by atoms with Crippen LogP contribution in [0.15, 0.2) is 22.9 Å². The molecule has 9 heteroatoms. The minimum atomic E-state index is -3.20. The molecule has 0 aromatic carbocycles. The predicted octanol–water partition coefficient (Wildman–Crippen LogP) is 0.878. The van der Waals surface area contributed by atoms with E-state index in [1.54, 1.807) is 12.4 Å². The number of hydrogen-bond donors (Lipinski definition) is 0. The molecule has 0 N–H and O–H groups in total. The lowest BCUT2D eigenvalue weighted by molar-refractivity contribution is 0.339. The summed E-state index contributed by atoms with van der Waals surface area (Å²) in [5.74, 6) is 1.36. The number of fused-ring (bicyclic) bond motifs is 1. The number of aromatic nitrogens is 4. The van der Waals surface area contributed by atoms with Crippen LogP contribution in [-0.2, 0) is 23.1 Å². The van der Waals surface area contributed by atoms with Gasteiger partial charge in [-0.2, -0.15) is 4.31 Å². The summed E-state index contributed by atoms with van der Waals surface area (Å²) in [6, 6.07) is 1.91. The molecule has 0 aliphatic carbocycles. The Morgan fingerprint density at radius 3 is 2.75 bits per heavy atom. The van der Waals surface area contributed by atoms with E-state index in [1.165, 1.54) is 10.6 Å². The van der Waals surface area contributed by atoms with E-state index in [0.29, 0.717) is 24.7 Å². The van der Waals surface area contributed by atoms with Crippen LogP contribution in [-0.4, -0.2) is 45.3 Å². The molecule has 0 amide bonds. The highest BCUT2D eigenvalue weighted by molar-refractivity contribution is 9.10. The van der Waals surface area contributed by atoms with Crippen LogP contribution < -0.4 is 0 Å². The topological polar surface area (TPSA) is 81.0 Å². The molecule has 0 fully saturated rings. The molecular formula is C11H12BrN5O2S. The van der Waals surface area contributed by atoms with Crippen molar-refractivity contribution >= 4 is 26.0 Å². The van der Waals surface area contributed by atoms with E-state index in [-0.39, 0.29) is 6.54 Å². The standard InChI is InChI=1S/C11H12BrN5O2S/c1-20(18,19)16-2-3-17-10(7-16)14-15-11(17)8-4-9(12)6-13-5-8/h4-6H,2-3,7H2,1H3. The first kappa shape index (κ1) is 13.7. The third-order valence-electron chi connectivity index (χ3n) is 3.15. The Morgan fingerprint density at radius 2 is 2.05 bits per heavy atom. The molecule has 1 aliphatic heterocycles. The third-order valence-corrected chi connectivity index (χ3v) is 4.83. The second-order valence-corrected chi connectivity index (χ2v) is 7.48. The van der Waals surface area contributed by atoms with Crippen LogP contribution in [0.1, 0.15) is 5.82 Å². The highest BCUT2D eigenvalue weighted by atomic mass is 79.9. The number of rotatable bonds is 2. The Balaban J connectivity index is 1.98. The molecule has 1 aliphatic rings. The maximum absolute atomic E-state index is 11.6. The molecule has 0 radical (unpaired) electrons. The van der Waals surface area contributed by atoms with Gasteiger partial charge in [0.1, 0.15) is 5.82 Å². The fourth-order valence-electron chi connectivity index (χ4n) is 2.17. The Hall–Kier alpha value is -1.32. The molecule has 0 saturated heterocycles. The van der Waals surface area contributed by atoms with E-state index >= 15 is 0 Å². The molecule has 20 heavy (non-hydrogen) atoms. The van der Waals surface area contributed by atoms with E-state index in [1.807, 2.05) is 10.6 Å². The summed E-state index contributed by atoms with van der Waals surface area (Å²) < 4.78 is 27.3. The van der Waals surface area contributed by atoms with E-state index in [2.05, 4.69) is 31.1 Å². The summed E-state index contributed by atoms with van der Waals surface area (Å²) in [6.07, 6.45) is 4.62. The lowest BCUT2D eigenvalue weighted by Gasteiger charge is -2.25. The van der Waals surface area contributed by atoms with E-state index < -0.39 is 10.0 Å². The number of pyridine rings is 1. The van der Waals surface area contributed by atoms with Gasteiger partial charge >= 0.3 is 0 Å². The number of hydrogen-bond acceptors (Lipinski definition) is 5. The molecule has 0 saturated carbocycles. The average Bonchev–Trinajstić information content (AvgIpc) is 2.80. The first-order chi connectivity index (χ1) is 9.45. The largest absolute Gasteiger partial charge is 0.308 e. The minimum Gasteiger partial charge on any atom is -0.308 e.